The normalized spacial score (nSPS) is 11.0. The molecule has 0 saturated heterocycles. The van der Waals surface area contributed by atoms with Crippen LogP contribution in [0.2, 0.25) is 0 Å². The molecule has 1 aromatic carbocycles. The molecule has 0 aliphatic heterocycles. The Bertz CT molecular complexity index is 828. The van der Waals surface area contributed by atoms with Gasteiger partial charge in [0.15, 0.2) is 0 Å². The molecule has 1 aromatic heterocycles. The highest BCUT2D eigenvalue weighted by Gasteiger charge is 2.15. The number of carbonyl (C=O) groups excluding carboxylic acids is 1. The van der Waals surface area contributed by atoms with Crippen LogP contribution in [0, 0.1) is 25.2 Å². The third kappa shape index (κ3) is 3.46. The van der Waals surface area contributed by atoms with Gasteiger partial charge < -0.3 is 10.1 Å². The summed E-state index contributed by atoms with van der Waals surface area (Å²) in [7, 11) is 1.53. The van der Waals surface area contributed by atoms with Crippen molar-refractivity contribution in [2.24, 2.45) is 0 Å². The van der Waals surface area contributed by atoms with E-state index < -0.39 is 5.91 Å². The maximum absolute atomic E-state index is 12.4. The minimum Gasteiger partial charge on any atom is -0.495 e. The van der Waals surface area contributed by atoms with Gasteiger partial charge in [-0.2, -0.15) is 10.4 Å². The third-order valence-corrected chi connectivity index (χ3v) is 3.75. The molecule has 1 heterocycles. The molecule has 0 radical (unpaired) electrons. The summed E-state index contributed by atoms with van der Waals surface area (Å²) < 4.78 is 7.05. The van der Waals surface area contributed by atoms with Gasteiger partial charge in [0, 0.05) is 17.8 Å². The van der Waals surface area contributed by atoms with Gasteiger partial charge in [-0.25, -0.2) is 0 Å². The van der Waals surface area contributed by atoms with Gasteiger partial charge in [0.25, 0.3) is 5.91 Å². The van der Waals surface area contributed by atoms with Gasteiger partial charge in [0.2, 0.25) is 0 Å². The molecule has 124 valence electrons. The number of nitrogens with one attached hydrogen (secondary N) is 1. The Morgan fingerprint density at radius 3 is 2.71 bits per heavy atom. The smallest absolute Gasteiger partial charge is 0.266 e. The molecule has 2 aromatic rings. The topological polar surface area (TPSA) is 79.9 Å². The van der Waals surface area contributed by atoms with Crippen LogP contribution in [0.4, 0.5) is 5.69 Å². The van der Waals surface area contributed by atoms with Crippen molar-refractivity contribution in [2.75, 3.05) is 12.4 Å². The van der Waals surface area contributed by atoms with E-state index in [0.717, 1.165) is 23.5 Å². The first-order valence-corrected chi connectivity index (χ1v) is 7.62. The van der Waals surface area contributed by atoms with E-state index in [1.807, 2.05) is 31.5 Å². The van der Waals surface area contributed by atoms with Crippen molar-refractivity contribution < 1.29 is 9.53 Å². The van der Waals surface area contributed by atoms with Crippen molar-refractivity contribution >= 4 is 17.7 Å². The number of ether oxygens (including phenoxy) is 1. The average Bonchev–Trinajstić information content (AvgIpc) is 2.86. The number of amides is 1. The highest BCUT2D eigenvalue weighted by Crippen LogP contribution is 2.24. The lowest BCUT2D eigenvalue weighted by Gasteiger charge is -2.09. The summed E-state index contributed by atoms with van der Waals surface area (Å²) in [6, 6.07) is 9.01. The maximum atomic E-state index is 12.4. The summed E-state index contributed by atoms with van der Waals surface area (Å²) in [5.41, 5.74) is 3.04. The molecule has 6 heteroatoms. The van der Waals surface area contributed by atoms with E-state index >= 15 is 0 Å². The molecule has 1 N–H and O–H groups in total. The first kappa shape index (κ1) is 17.3. The zero-order valence-corrected chi connectivity index (χ0v) is 14.3. The molecule has 0 atom stereocenters. The predicted octanol–water partition coefficient (Wildman–Crippen LogP) is 3.07. The minimum absolute atomic E-state index is 0.0164. The SMILES string of the molecule is CCn1nc(C)c(C=C(C#N)C(=O)Nc2ccccc2OC)c1C. The summed E-state index contributed by atoms with van der Waals surface area (Å²) >= 11 is 0. The molecule has 0 spiro atoms. The Kier molecular flexibility index (Phi) is 5.38. The number of aryl methyl sites for hydroxylation is 2. The van der Waals surface area contributed by atoms with Crippen molar-refractivity contribution in [3.8, 4) is 11.8 Å². The van der Waals surface area contributed by atoms with Gasteiger partial charge in [0.05, 0.1) is 18.5 Å². The Morgan fingerprint density at radius 2 is 2.12 bits per heavy atom. The Hall–Kier alpha value is -3.07. The molecular weight excluding hydrogens is 304 g/mol. The lowest BCUT2D eigenvalue weighted by Crippen LogP contribution is -2.14. The molecule has 0 bridgehead atoms. The number of para-hydroxylation sites is 2. The highest BCUT2D eigenvalue weighted by molar-refractivity contribution is 6.10. The first-order valence-electron chi connectivity index (χ1n) is 7.62. The summed E-state index contributed by atoms with van der Waals surface area (Å²) in [6.07, 6.45) is 1.58. The van der Waals surface area contributed by atoms with Crippen LogP contribution in [0.25, 0.3) is 6.08 Å². The second-order valence-corrected chi connectivity index (χ2v) is 5.22. The number of nitriles is 1. The van der Waals surface area contributed by atoms with Crippen LogP contribution in [0.15, 0.2) is 29.8 Å². The van der Waals surface area contributed by atoms with E-state index in [-0.39, 0.29) is 5.57 Å². The van der Waals surface area contributed by atoms with Gasteiger partial charge in [-0.3, -0.25) is 9.48 Å². The number of carbonyl (C=O) groups is 1. The number of benzene rings is 1. The number of anilines is 1. The first-order chi connectivity index (χ1) is 11.5. The summed E-state index contributed by atoms with van der Waals surface area (Å²) in [4.78, 5) is 12.4. The number of aromatic nitrogens is 2. The summed E-state index contributed by atoms with van der Waals surface area (Å²) in [5.74, 6) is 0.0550. The second kappa shape index (κ2) is 7.47. The molecular formula is C18H20N4O2. The van der Waals surface area contributed by atoms with E-state index in [0.29, 0.717) is 11.4 Å². The van der Waals surface area contributed by atoms with Crippen molar-refractivity contribution in [3.63, 3.8) is 0 Å². The molecule has 0 aliphatic rings. The fourth-order valence-corrected chi connectivity index (χ4v) is 2.46. The number of rotatable bonds is 5. The van der Waals surface area contributed by atoms with Gasteiger partial charge in [-0.05, 0) is 39.0 Å². The fourth-order valence-electron chi connectivity index (χ4n) is 2.46. The number of hydrogen-bond acceptors (Lipinski definition) is 4. The third-order valence-electron chi connectivity index (χ3n) is 3.75. The van der Waals surface area contributed by atoms with Gasteiger partial charge >= 0.3 is 0 Å². The number of hydrogen-bond donors (Lipinski definition) is 1. The van der Waals surface area contributed by atoms with E-state index in [2.05, 4.69) is 10.4 Å². The van der Waals surface area contributed by atoms with Crippen LogP contribution >= 0.6 is 0 Å². The summed E-state index contributed by atoms with van der Waals surface area (Å²) in [5, 5.41) is 16.5. The molecule has 0 aliphatic carbocycles. The van der Waals surface area contributed by atoms with Crippen molar-refractivity contribution in [1.29, 1.82) is 5.26 Å². The highest BCUT2D eigenvalue weighted by atomic mass is 16.5. The van der Waals surface area contributed by atoms with Crippen molar-refractivity contribution in [3.05, 3.63) is 46.8 Å². The monoisotopic (exact) mass is 324 g/mol. The Morgan fingerprint density at radius 1 is 1.42 bits per heavy atom. The fraction of sp³-hybridized carbons (Fsp3) is 0.278. The molecule has 24 heavy (non-hydrogen) atoms. The molecule has 2 rings (SSSR count). The Balaban J connectivity index is 2.33. The molecule has 0 saturated carbocycles. The van der Waals surface area contributed by atoms with Crippen LogP contribution in [0.5, 0.6) is 5.75 Å². The van der Waals surface area contributed by atoms with Crippen LogP contribution in [0.1, 0.15) is 23.9 Å². The van der Waals surface area contributed by atoms with E-state index in [1.54, 1.807) is 30.3 Å². The lowest BCUT2D eigenvalue weighted by molar-refractivity contribution is -0.112. The maximum Gasteiger partial charge on any atom is 0.266 e. The van der Waals surface area contributed by atoms with Crippen molar-refractivity contribution in [1.82, 2.24) is 9.78 Å². The summed E-state index contributed by atoms with van der Waals surface area (Å²) in [6.45, 7) is 6.50. The van der Waals surface area contributed by atoms with E-state index in [9.17, 15) is 10.1 Å². The molecule has 6 nitrogen and oxygen atoms in total. The van der Waals surface area contributed by atoms with Gasteiger partial charge in [-0.1, -0.05) is 12.1 Å². The average molecular weight is 324 g/mol. The van der Waals surface area contributed by atoms with Crippen LogP contribution in [-0.2, 0) is 11.3 Å². The zero-order chi connectivity index (χ0) is 17.7. The largest absolute Gasteiger partial charge is 0.495 e. The Labute approximate surface area is 141 Å². The predicted molar refractivity (Wildman–Crippen MR) is 92.6 cm³/mol. The van der Waals surface area contributed by atoms with Crippen LogP contribution in [-0.4, -0.2) is 22.8 Å². The minimum atomic E-state index is -0.481. The zero-order valence-electron chi connectivity index (χ0n) is 14.3. The van der Waals surface area contributed by atoms with Crippen LogP contribution < -0.4 is 10.1 Å². The van der Waals surface area contributed by atoms with E-state index in [4.69, 9.17) is 4.74 Å². The standard InChI is InChI=1S/C18H20N4O2/c1-5-22-13(3)15(12(2)21-22)10-14(11-19)18(23)20-16-8-6-7-9-17(16)24-4/h6-10H,5H2,1-4H3,(H,20,23). The lowest BCUT2D eigenvalue weighted by atomic mass is 10.1. The quantitative estimate of drug-likeness (QED) is 0.677. The number of nitrogens with zero attached hydrogens (tertiary/aromatic N) is 3. The second-order valence-electron chi connectivity index (χ2n) is 5.22. The van der Waals surface area contributed by atoms with Gasteiger partial charge in [0.1, 0.15) is 17.4 Å². The van der Waals surface area contributed by atoms with Gasteiger partial charge in [-0.15, -0.1) is 0 Å². The van der Waals surface area contributed by atoms with E-state index in [1.165, 1.54) is 7.11 Å². The number of methoxy groups -OCH3 is 1. The molecule has 1 amide bonds. The molecule has 0 unspecified atom stereocenters. The van der Waals surface area contributed by atoms with Crippen LogP contribution in [0.3, 0.4) is 0 Å². The molecule has 0 fully saturated rings. The van der Waals surface area contributed by atoms with Crippen molar-refractivity contribution in [2.45, 2.75) is 27.3 Å².